The van der Waals surface area contributed by atoms with Crippen molar-refractivity contribution in [2.45, 2.75) is 13.2 Å². The molecule has 1 saturated heterocycles. The minimum atomic E-state index is 0.560. The van der Waals surface area contributed by atoms with Gasteiger partial charge in [0.15, 0.2) is 0 Å². The average molecular weight is 283 g/mol. The molecule has 2 heterocycles. The quantitative estimate of drug-likeness (QED) is 0.911. The summed E-state index contributed by atoms with van der Waals surface area (Å²) < 4.78 is 5.77. The number of nitrogens with zero attached hydrogens (tertiary/aromatic N) is 2. The third kappa shape index (κ3) is 4.28. The molecule has 0 unspecified atom stereocenters. The second kappa shape index (κ2) is 7.20. The van der Waals surface area contributed by atoms with Gasteiger partial charge in [-0.3, -0.25) is 9.88 Å². The number of benzene rings is 1. The Hall–Kier alpha value is -1.91. The van der Waals surface area contributed by atoms with Crippen LogP contribution >= 0.6 is 0 Å². The van der Waals surface area contributed by atoms with Crippen LogP contribution in [0.15, 0.2) is 48.8 Å². The monoisotopic (exact) mass is 283 g/mol. The summed E-state index contributed by atoms with van der Waals surface area (Å²) in [6.45, 7) is 6.01. The first-order valence-corrected chi connectivity index (χ1v) is 7.44. The summed E-state index contributed by atoms with van der Waals surface area (Å²) in [5.41, 5.74) is 2.42. The summed E-state index contributed by atoms with van der Waals surface area (Å²) in [5.74, 6) is 0.905. The Morgan fingerprint density at radius 3 is 2.57 bits per heavy atom. The standard InChI is InChI=1S/C17H21N3O/c1-2-16(12-19-7-1)14-21-17-5-3-15(4-6-17)13-20-10-8-18-9-11-20/h1-7,12,18H,8-11,13-14H2. The van der Waals surface area contributed by atoms with Crippen molar-refractivity contribution in [3.05, 3.63) is 59.9 Å². The van der Waals surface area contributed by atoms with Gasteiger partial charge in [-0.15, -0.1) is 0 Å². The Labute approximate surface area is 125 Å². The maximum Gasteiger partial charge on any atom is 0.119 e. The van der Waals surface area contributed by atoms with Crippen molar-refractivity contribution in [1.82, 2.24) is 15.2 Å². The Balaban J connectivity index is 1.51. The molecule has 1 N–H and O–H groups in total. The van der Waals surface area contributed by atoms with E-state index >= 15 is 0 Å². The number of nitrogens with one attached hydrogen (secondary N) is 1. The molecule has 0 amide bonds. The smallest absolute Gasteiger partial charge is 0.119 e. The molecule has 2 aromatic rings. The lowest BCUT2D eigenvalue weighted by Gasteiger charge is -2.27. The highest BCUT2D eigenvalue weighted by atomic mass is 16.5. The van der Waals surface area contributed by atoms with E-state index in [2.05, 4.69) is 27.3 Å². The van der Waals surface area contributed by atoms with Crippen molar-refractivity contribution < 1.29 is 4.74 Å². The van der Waals surface area contributed by atoms with E-state index in [9.17, 15) is 0 Å². The van der Waals surface area contributed by atoms with E-state index in [0.29, 0.717) is 6.61 Å². The minimum Gasteiger partial charge on any atom is -0.489 e. The van der Waals surface area contributed by atoms with Gasteiger partial charge in [-0.2, -0.15) is 0 Å². The van der Waals surface area contributed by atoms with Crippen LogP contribution in [-0.4, -0.2) is 36.1 Å². The van der Waals surface area contributed by atoms with Gasteiger partial charge in [0.05, 0.1) is 0 Å². The highest BCUT2D eigenvalue weighted by Crippen LogP contribution is 2.15. The van der Waals surface area contributed by atoms with Crippen molar-refractivity contribution in [3.63, 3.8) is 0 Å². The number of rotatable bonds is 5. The fourth-order valence-electron chi connectivity index (χ4n) is 2.47. The van der Waals surface area contributed by atoms with Gasteiger partial charge in [0.1, 0.15) is 12.4 Å². The lowest BCUT2D eigenvalue weighted by atomic mass is 10.2. The summed E-state index contributed by atoms with van der Waals surface area (Å²) >= 11 is 0. The fraction of sp³-hybridized carbons (Fsp3) is 0.353. The van der Waals surface area contributed by atoms with E-state index in [0.717, 1.165) is 44.0 Å². The molecule has 1 aromatic heterocycles. The number of hydrogen-bond donors (Lipinski definition) is 1. The zero-order valence-electron chi connectivity index (χ0n) is 12.2. The number of hydrogen-bond acceptors (Lipinski definition) is 4. The molecule has 1 fully saturated rings. The van der Waals surface area contributed by atoms with Gasteiger partial charge in [-0.1, -0.05) is 18.2 Å². The molecular weight excluding hydrogens is 262 g/mol. The van der Waals surface area contributed by atoms with Gasteiger partial charge in [0, 0.05) is 50.7 Å². The van der Waals surface area contributed by atoms with E-state index in [1.807, 2.05) is 30.5 Å². The summed E-state index contributed by atoms with van der Waals surface area (Å²) in [7, 11) is 0. The van der Waals surface area contributed by atoms with Crippen molar-refractivity contribution >= 4 is 0 Å². The Bertz CT molecular complexity index is 536. The second-order valence-electron chi connectivity index (χ2n) is 5.32. The van der Waals surface area contributed by atoms with Gasteiger partial charge in [-0.25, -0.2) is 0 Å². The fourth-order valence-corrected chi connectivity index (χ4v) is 2.47. The predicted molar refractivity (Wildman–Crippen MR) is 83.2 cm³/mol. The van der Waals surface area contributed by atoms with Crippen LogP contribution in [0.2, 0.25) is 0 Å². The van der Waals surface area contributed by atoms with E-state index in [1.165, 1.54) is 5.56 Å². The third-order valence-electron chi connectivity index (χ3n) is 3.67. The van der Waals surface area contributed by atoms with Crippen LogP contribution in [0.3, 0.4) is 0 Å². The molecule has 4 heteroatoms. The van der Waals surface area contributed by atoms with Crippen LogP contribution in [0.1, 0.15) is 11.1 Å². The predicted octanol–water partition coefficient (Wildman–Crippen LogP) is 2.07. The lowest BCUT2D eigenvalue weighted by molar-refractivity contribution is 0.233. The Morgan fingerprint density at radius 2 is 1.86 bits per heavy atom. The molecule has 0 bridgehead atoms. The molecular formula is C17H21N3O. The van der Waals surface area contributed by atoms with Crippen molar-refractivity contribution in [3.8, 4) is 5.75 Å². The van der Waals surface area contributed by atoms with Crippen LogP contribution < -0.4 is 10.1 Å². The summed E-state index contributed by atoms with van der Waals surface area (Å²) in [6, 6.07) is 12.4. The number of ether oxygens (including phenoxy) is 1. The maximum absolute atomic E-state index is 5.77. The molecule has 0 aliphatic carbocycles. The molecule has 0 saturated carbocycles. The average Bonchev–Trinajstić information content (AvgIpc) is 2.56. The maximum atomic E-state index is 5.77. The first-order chi connectivity index (χ1) is 10.4. The zero-order chi connectivity index (χ0) is 14.3. The van der Waals surface area contributed by atoms with Crippen LogP contribution in [0, 0.1) is 0 Å². The summed E-state index contributed by atoms with van der Waals surface area (Å²) in [4.78, 5) is 6.56. The molecule has 0 spiro atoms. The molecule has 110 valence electrons. The number of piperazine rings is 1. The molecule has 1 aromatic carbocycles. The van der Waals surface area contributed by atoms with Crippen molar-refractivity contribution in [2.75, 3.05) is 26.2 Å². The van der Waals surface area contributed by atoms with E-state index < -0.39 is 0 Å². The van der Waals surface area contributed by atoms with Crippen molar-refractivity contribution in [1.29, 1.82) is 0 Å². The highest BCUT2D eigenvalue weighted by Gasteiger charge is 2.09. The topological polar surface area (TPSA) is 37.4 Å². The summed E-state index contributed by atoms with van der Waals surface area (Å²) in [5, 5.41) is 3.38. The molecule has 1 aliphatic heterocycles. The molecule has 1 aliphatic rings. The van der Waals surface area contributed by atoms with Gasteiger partial charge in [0.2, 0.25) is 0 Å². The molecule has 4 nitrogen and oxygen atoms in total. The van der Waals surface area contributed by atoms with Crippen LogP contribution in [0.4, 0.5) is 0 Å². The van der Waals surface area contributed by atoms with Gasteiger partial charge < -0.3 is 10.1 Å². The summed E-state index contributed by atoms with van der Waals surface area (Å²) in [6.07, 6.45) is 3.60. The largest absolute Gasteiger partial charge is 0.489 e. The minimum absolute atomic E-state index is 0.560. The molecule has 0 atom stereocenters. The zero-order valence-corrected chi connectivity index (χ0v) is 12.2. The number of pyridine rings is 1. The third-order valence-corrected chi connectivity index (χ3v) is 3.67. The first-order valence-electron chi connectivity index (χ1n) is 7.44. The second-order valence-corrected chi connectivity index (χ2v) is 5.32. The van der Waals surface area contributed by atoms with Gasteiger partial charge in [-0.05, 0) is 23.8 Å². The lowest BCUT2D eigenvalue weighted by Crippen LogP contribution is -2.42. The Morgan fingerprint density at radius 1 is 1.05 bits per heavy atom. The first kappa shape index (κ1) is 14.0. The van der Waals surface area contributed by atoms with E-state index in [4.69, 9.17) is 4.74 Å². The molecule has 0 radical (unpaired) electrons. The number of aromatic nitrogens is 1. The Kier molecular flexibility index (Phi) is 4.82. The van der Waals surface area contributed by atoms with Crippen molar-refractivity contribution in [2.24, 2.45) is 0 Å². The molecule has 21 heavy (non-hydrogen) atoms. The normalized spacial score (nSPS) is 15.8. The van der Waals surface area contributed by atoms with Gasteiger partial charge >= 0.3 is 0 Å². The van der Waals surface area contributed by atoms with Crippen LogP contribution in [0.25, 0.3) is 0 Å². The van der Waals surface area contributed by atoms with Crippen LogP contribution in [0.5, 0.6) is 5.75 Å². The van der Waals surface area contributed by atoms with E-state index in [-0.39, 0.29) is 0 Å². The van der Waals surface area contributed by atoms with Crippen LogP contribution in [-0.2, 0) is 13.2 Å². The SMILES string of the molecule is c1cncc(COc2ccc(CN3CCNCC3)cc2)c1. The highest BCUT2D eigenvalue weighted by molar-refractivity contribution is 5.27. The van der Waals surface area contributed by atoms with E-state index in [1.54, 1.807) is 6.20 Å². The molecule has 3 rings (SSSR count). The van der Waals surface area contributed by atoms with Gasteiger partial charge in [0.25, 0.3) is 0 Å².